The Labute approximate surface area is 217 Å². The number of amides is 1. The maximum Gasteiger partial charge on any atom is 0.516 e. The fraction of sp³-hybridized carbons (Fsp3) is 0.391. The lowest BCUT2D eigenvalue weighted by molar-refractivity contribution is -0.0429. The standard InChI is InChI=1S/C23H26F3N7O4S/c1-22(2,3)37-21(34)33-10-9-18-17(13-33)19(31-38(35,36)23(24,25)26)30-20(29-18)28-16-7-5-14(6-8-16)15-11-27-32(4)12-15/h5-8,11-12H,9-10,13H2,1-4H3,(H2,28,29,30,31). The number of benzene rings is 1. The van der Waals surface area contributed by atoms with E-state index in [4.69, 9.17) is 4.74 Å². The highest BCUT2D eigenvalue weighted by atomic mass is 32.2. The van der Waals surface area contributed by atoms with Crippen LogP contribution in [-0.2, 0) is 34.8 Å². The van der Waals surface area contributed by atoms with Crippen molar-refractivity contribution >= 4 is 33.6 Å². The molecule has 4 rings (SSSR count). The summed E-state index contributed by atoms with van der Waals surface area (Å²) in [6.07, 6.45) is 3.00. The molecule has 0 saturated carbocycles. The summed E-state index contributed by atoms with van der Waals surface area (Å²) in [4.78, 5) is 22.2. The number of alkyl halides is 3. The zero-order valence-corrected chi connectivity index (χ0v) is 21.8. The van der Waals surface area contributed by atoms with Gasteiger partial charge >= 0.3 is 21.6 Å². The van der Waals surface area contributed by atoms with Crippen LogP contribution < -0.4 is 10.0 Å². The van der Waals surface area contributed by atoms with E-state index in [0.717, 1.165) is 11.1 Å². The molecule has 204 valence electrons. The highest BCUT2D eigenvalue weighted by Gasteiger charge is 2.47. The number of carbonyl (C=O) groups excluding carboxylic acids is 1. The smallest absolute Gasteiger partial charge is 0.444 e. The fourth-order valence-corrected chi connectivity index (χ4v) is 4.21. The summed E-state index contributed by atoms with van der Waals surface area (Å²) in [5, 5.41) is 7.03. The number of aromatic nitrogens is 4. The van der Waals surface area contributed by atoms with Gasteiger partial charge in [0.25, 0.3) is 0 Å². The summed E-state index contributed by atoms with van der Waals surface area (Å²) >= 11 is 0. The molecule has 15 heteroatoms. The maximum absolute atomic E-state index is 13.2. The predicted molar refractivity (Wildman–Crippen MR) is 133 cm³/mol. The molecule has 1 aliphatic heterocycles. The van der Waals surface area contributed by atoms with E-state index < -0.39 is 33.0 Å². The first-order valence-electron chi connectivity index (χ1n) is 11.4. The van der Waals surface area contributed by atoms with Crippen LogP contribution >= 0.6 is 0 Å². The minimum Gasteiger partial charge on any atom is -0.444 e. The van der Waals surface area contributed by atoms with E-state index in [-0.39, 0.29) is 31.0 Å². The van der Waals surface area contributed by atoms with Gasteiger partial charge in [0.15, 0.2) is 5.82 Å². The summed E-state index contributed by atoms with van der Waals surface area (Å²) in [6.45, 7) is 4.96. The summed E-state index contributed by atoms with van der Waals surface area (Å²) in [5.41, 5.74) is -3.72. The Balaban J connectivity index is 1.64. The van der Waals surface area contributed by atoms with Crippen molar-refractivity contribution in [3.05, 3.63) is 47.9 Å². The third-order valence-corrected chi connectivity index (χ3v) is 6.50. The van der Waals surface area contributed by atoms with Gasteiger partial charge in [-0.05, 0) is 38.5 Å². The van der Waals surface area contributed by atoms with Crippen LogP contribution in [0.3, 0.4) is 0 Å². The van der Waals surface area contributed by atoms with Crippen LogP contribution in [0.25, 0.3) is 11.1 Å². The van der Waals surface area contributed by atoms with Crippen molar-refractivity contribution in [2.75, 3.05) is 16.6 Å². The van der Waals surface area contributed by atoms with Gasteiger partial charge in [-0.25, -0.2) is 9.78 Å². The van der Waals surface area contributed by atoms with E-state index in [1.54, 1.807) is 50.8 Å². The molecular formula is C23H26F3N7O4S. The van der Waals surface area contributed by atoms with Crippen molar-refractivity contribution in [1.29, 1.82) is 0 Å². The molecule has 0 unspecified atom stereocenters. The number of rotatable bonds is 5. The van der Waals surface area contributed by atoms with Crippen molar-refractivity contribution in [3.8, 4) is 11.1 Å². The van der Waals surface area contributed by atoms with E-state index in [1.807, 2.05) is 18.3 Å². The van der Waals surface area contributed by atoms with Gasteiger partial charge in [0.1, 0.15) is 5.60 Å². The number of hydrogen-bond acceptors (Lipinski definition) is 8. The van der Waals surface area contributed by atoms with Crippen LogP contribution in [0.5, 0.6) is 0 Å². The van der Waals surface area contributed by atoms with E-state index in [0.29, 0.717) is 11.4 Å². The Morgan fingerprint density at radius 3 is 2.34 bits per heavy atom. The third-order valence-electron chi connectivity index (χ3n) is 5.43. The molecule has 0 radical (unpaired) electrons. The lowest BCUT2D eigenvalue weighted by Crippen LogP contribution is -2.41. The number of carbonyl (C=O) groups is 1. The molecular weight excluding hydrogens is 527 g/mol. The number of anilines is 3. The van der Waals surface area contributed by atoms with Gasteiger partial charge in [-0.3, -0.25) is 9.40 Å². The molecule has 1 aliphatic rings. The molecule has 0 bridgehead atoms. The largest absolute Gasteiger partial charge is 0.516 e. The second-order valence-corrected chi connectivity index (χ2v) is 11.3. The highest BCUT2D eigenvalue weighted by Crippen LogP contribution is 2.31. The Kier molecular flexibility index (Phi) is 6.99. The first kappa shape index (κ1) is 27.2. The van der Waals surface area contributed by atoms with Crippen molar-refractivity contribution in [2.45, 2.75) is 44.8 Å². The van der Waals surface area contributed by atoms with Crippen molar-refractivity contribution in [1.82, 2.24) is 24.6 Å². The molecule has 3 heterocycles. The number of nitrogens with zero attached hydrogens (tertiary/aromatic N) is 5. The number of aryl methyl sites for hydroxylation is 1. The van der Waals surface area contributed by atoms with Gasteiger partial charge in [-0.15, -0.1) is 0 Å². The monoisotopic (exact) mass is 553 g/mol. The Bertz CT molecular complexity index is 1450. The molecule has 0 atom stereocenters. The highest BCUT2D eigenvalue weighted by molar-refractivity contribution is 7.93. The van der Waals surface area contributed by atoms with Crippen LogP contribution in [0.1, 0.15) is 32.0 Å². The van der Waals surface area contributed by atoms with Crippen LogP contribution in [0.4, 0.5) is 35.4 Å². The molecule has 0 spiro atoms. The summed E-state index contributed by atoms with van der Waals surface area (Å²) < 4.78 is 71.9. The number of hydrogen-bond donors (Lipinski definition) is 2. The molecule has 0 aliphatic carbocycles. The number of sulfonamides is 1. The predicted octanol–water partition coefficient (Wildman–Crippen LogP) is 4.18. The molecule has 3 aromatic rings. The molecule has 38 heavy (non-hydrogen) atoms. The first-order chi connectivity index (χ1) is 17.6. The summed E-state index contributed by atoms with van der Waals surface area (Å²) in [5.74, 6) is -0.682. The van der Waals surface area contributed by atoms with Gasteiger partial charge in [0.05, 0.1) is 18.4 Å². The second-order valence-electron chi connectivity index (χ2n) is 9.63. The fourth-order valence-electron chi connectivity index (χ4n) is 3.67. The normalized spacial score (nSPS) is 14.1. The van der Waals surface area contributed by atoms with Gasteiger partial charge in [-0.2, -0.15) is 31.7 Å². The second kappa shape index (κ2) is 9.78. The average Bonchev–Trinajstić information content (AvgIpc) is 3.23. The van der Waals surface area contributed by atoms with E-state index >= 15 is 0 Å². The minimum atomic E-state index is -5.79. The van der Waals surface area contributed by atoms with E-state index in [9.17, 15) is 26.4 Å². The lowest BCUT2D eigenvalue weighted by Gasteiger charge is -2.31. The molecule has 1 aromatic carbocycles. The Morgan fingerprint density at radius 2 is 1.76 bits per heavy atom. The zero-order valence-electron chi connectivity index (χ0n) is 21.0. The first-order valence-corrected chi connectivity index (χ1v) is 12.9. The molecule has 2 N–H and O–H groups in total. The molecule has 0 saturated heterocycles. The topological polar surface area (TPSA) is 131 Å². The zero-order chi connectivity index (χ0) is 27.9. The van der Waals surface area contributed by atoms with Crippen LogP contribution in [-0.4, -0.2) is 56.8 Å². The van der Waals surface area contributed by atoms with Crippen LogP contribution in [0.2, 0.25) is 0 Å². The molecule has 0 fully saturated rings. The lowest BCUT2D eigenvalue weighted by atomic mass is 10.1. The van der Waals surface area contributed by atoms with Gasteiger partial charge in [0.2, 0.25) is 5.95 Å². The molecule has 11 nitrogen and oxygen atoms in total. The number of ether oxygens (including phenoxy) is 1. The van der Waals surface area contributed by atoms with E-state index in [1.165, 1.54) is 9.62 Å². The van der Waals surface area contributed by atoms with Gasteiger partial charge < -0.3 is 15.0 Å². The molecule has 1 amide bonds. The van der Waals surface area contributed by atoms with Gasteiger partial charge in [-0.1, -0.05) is 12.1 Å². The molecule has 2 aromatic heterocycles. The van der Waals surface area contributed by atoms with Crippen LogP contribution in [0.15, 0.2) is 36.7 Å². The maximum atomic E-state index is 13.2. The van der Waals surface area contributed by atoms with Crippen molar-refractivity contribution in [2.24, 2.45) is 7.05 Å². The quantitative estimate of drug-likeness (QED) is 0.481. The Hall–Kier alpha value is -3.88. The Morgan fingerprint density at radius 1 is 1.08 bits per heavy atom. The number of fused-ring (bicyclic) bond motifs is 1. The van der Waals surface area contributed by atoms with Crippen molar-refractivity contribution in [3.63, 3.8) is 0 Å². The van der Waals surface area contributed by atoms with Gasteiger partial charge in [0, 0.05) is 43.0 Å². The van der Waals surface area contributed by atoms with Crippen molar-refractivity contribution < 1.29 is 31.1 Å². The minimum absolute atomic E-state index is 0.0485. The SMILES string of the molecule is Cn1cc(-c2ccc(Nc3nc4c(c(NS(=O)(=O)C(F)(F)F)n3)CN(C(=O)OC(C)(C)C)CC4)cc2)cn1. The third kappa shape index (κ3) is 6.15. The average molecular weight is 554 g/mol. The number of nitrogens with one attached hydrogen (secondary N) is 2. The summed E-state index contributed by atoms with van der Waals surface area (Å²) in [7, 11) is -3.99. The van der Waals surface area contributed by atoms with Crippen LogP contribution in [0, 0.1) is 0 Å². The summed E-state index contributed by atoms with van der Waals surface area (Å²) in [6, 6.07) is 7.05. The number of halogens is 3. The van der Waals surface area contributed by atoms with E-state index in [2.05, 4.69) is 20.4 Å².